The van der Waals surface area contributed by atoms with Crippen molar-refractivity contribution in [2.45, 2.75) is 52.1 Å². The Bertz CT molecular complexity index is 1070. The van der Waals surface area contributed by atoms with Crippen molar-refractivity contribution in [2.75, 3.05) is 13.7 Å². The molecule has 1 aliphatic rings. The van der Waals surface area contributed by atoms with Crippen molar-refractivity contribution in [1.29, 1.82) is 5.26 Å². The molecule has 2 N–H and O–H groups in total. The zero-order valence-electron chi connectivity index (χ0n) is 19.8. The Labute approximate surface area is 199 Å². The maximum atomic E-state index is 12.7. The number of pyridine rings is 1. The predicted molar refractivity (Wildman–Crippen MR) is 126 cm³/mol. The minimum absolute atomic E-state index is 0.264. The fourth-order valence-corrected chi connectivity index (χ4v) is 4.25. The van der Waals surface area contributed by atoms with Crippen LogP contribution in [0, 0.1) is 23.2 Å². The maximum absolute atomic E-state index is 12.7. The van der Waals surface area contributed by atoms with Crippen molar-refractivity contribution in [1.82, 2.24) is 10.3 Å². The molecule has 0 radical (unpaired) electrons. The number of benzene rings is 1. The molecule has 1 fully saturated rings. The fourth-order valence-electron chi connectivity index (χ4n) is 4.25. The summed E-state index contributed by atoms with van der Waals surface area (Å²) >= 11 is 0. The highest BCUT2D eigenvalue weighted by Gasteiger charge is 2.26. The summed E-state index contributed by atoms with van der Waals surface area (Å²) in [6, 6.07) is 8.85. The van der Waals surface area contributed by atoms with Gasteiger partial charge in [-0.2, -0.15) is 5.26 Å². The molecule has 1 amide bonds. The first kappa shape index (κ1) is 25.0. The van der Waals surface area contributed by atoms with Crippen LogP contribution < -0.4 is 14.8 Å². The van der Waals surface area contributed by atoms with E-state index in [4.69, 9.17) is 14.6 Å². The number of carbonyl (C=O) groups is 2. The summed E-state index contributed by atoms with van der Waals surface area (Å²) in [7, 11) is 1.57. The van der Waals surface area contributed by atoms with E-state index in [1.54, 1.807) is 25.4 Å². The van der Waals surface area contributed by atoms with Crippen LogP contribution >= 0.6 is 0 Å². The summed E-state index contributed by atoms with van der Waals surface area (Å²) < 4.78 is 11.5. The van der Waals surface area contributed by atoms with Crippen LogP contribution in [-0.4, -0.2) is 35.6 Å². The number of aryl methyl sites for hydroxylation is 1. The lowest BCUT2D eigenvalue weighted by atomic mass is 9.82. The second kappa shape index (κ2) is 11.5. The summed E-state index contributed by atoms with van der Waals surface area (Å²) in [5.41, 5.74) is 2.39. The Kier molecular flexibility index (Phi) is 8.47. The van der Waals surface area contributed by atoms with Crippen LogP contribution in [-0.2, 0) is 11.2 Å². The van der Waals surface area contributed by atoms with Gasteiger partial charge >= 0.3 is 5.97 Å². The van der Waals surface area contributed by atoms with Gasteiger partial charge in [-0.25, -0.2) is 0 Å². The lowest BCUT2D eigenvalue weighted by molar-refractivity contribution is -0.143. The lowest BCUT2D eigenvalue weighted by Gasteiger charge is -2.26. The molecule has 0 spiro atoms. The number of aliphatic carboxylic acids is 1. The molecule has 1 heterocycles. The highest BCUT2D eigenvalue weighted by atomic mass is 16.5. The van der Waals surface area contributed by atoms with Crippen molar-refractivity contribution < 1.29 is 24.2 Å². The van der Waals surface area contributed by atoms with Crippen molar-refractivity contribution in [2.24, 2.45) is 11.8 Å². The summed E-state index contributed by atoms with van der Waals surface area (Å²) in [5.74, 6) is -0.0224. The number of nitriles is 1. The summed E-state index contributed by atoms with van der Waals surface area (Å²) in [5, 5.41) is 21.7. The largest absolute Gasteiger partial charge is 0.495 e. The van der Waals surface area contributed by atoms with Crippen LogP contribution in [0.1, 0.15) is 72.8 Å². The minimum atomic E-state index is -0.740. The van der Waals surface area contributed by atoms with Gasteiger partial charge in [-0.05, 0) is 69.2 Å². The van der Waals surface area contributed by atoms with Crippen LogP contribution in [0.25, 0.3) is 0 Å². The molecule has 0 unspecified atom stereocenters. The predicted octanol–water partition coefficient (Wildman–Crippen LogP) is 4.29. The van der Waals surface area contributed by atoms with Gasteiger partial charge in [-0.1, -0.05) is 6.92 Å². The summed E-state index contributed by atoms with van der Waals surface area (Å²) in [6.45, 7) is 4.38. The molecular weight excluding hydrogens is 434 g/mol. The van der Waals surface area contributed by atoms with Crippen molar-refractivity contribution >= 4 is 11.9 Å². The second-order valence-electron chi connectivity index (χ2n) is 8.62. The molecular formula is C26H31N3O5. The number of carboxylic acids is 1. The van der Waals surface area contributed by atoms with Crippen LogP contribution in [0.15, 0.2) is 30.5 Å². The highest BCUT2D eigenvalue weighted by Crippen LogP contribution is 2.31. The van der Waals surface area contributed by atoms with E-state index < -0.39 is 12.1 Å². The van der Waals surface area contributed by atoms with Gasteiger partial charge < -0.3 is 19.9 Å². The van der Waals surface area contributed by atoms with Crippen LogP contribution in [0.4, 0.5) is 0 Å². The Hall–Kier alpha value is -3.60. The van der Waals surface area contributed by atoms with Gasteiger partial charge in [0.2, 0.25) is 0 Å². The standard InChI is InChI=1S/C26H31N3O5/c1-4-21-12-22(24(33-3)15-28-21)16(2)34-23-10-9-19(11-20(23)13-27)25(30)29-14-17-5-7-18(8-6-17)26(31)32/h9-12,15-18H,4-8,14H2,1-3H3,(H,29,30)(H,31,32)/t16-,17?,18?/m1/s1. The molecule has 1 aromatic carbocycles. The first-order valence-corrected chi connectivity index (χ1v) is 11.6. The van der Waals surface area contributed by atoms with Crippen molar-refractivity contribution in [3.8, 4) is 17.6 Å². The number of nitrogens with one attached hydrogen (secondary N) is 1. The number of amides is 1. The number of ether oxygens (including phenoxy) is 2. The molecule has 8 heteroatoms. The van der Waals surface area contributed by atoms with E-state index in [9.17, 15) is 14.9 Å². The number of rotatable bonds is 9. The first-order chi connectivity index (χ1) is 16.4. The second-order valence-corrected chi connectivity index (χ2v) is 8.62. The molecule has 3 rings (SSSR count). The summed E-state index contributed by atoms with van der Waals surface area (Å²) in [4.78, 5) is 28.1. The molecule has 1 aromatic heterocycles. The normalized spacial score (nSPS) is 18.4. The molecule has 180 valence electrons. The van der Waals surface area contributed by atoms with Crippen LogP contribution in [0.2, 0.25) is 0 Å². The monoisotopic (exact) mass is 465 g/mol. The van der Waals surface area contributed by atoms with E-state index in [2.05, 4.69) is 16.4 Å². The lowest BCUT2D eigenvalue weighted by Crippen LogP contribution is -2.32. The van der Waals surface area contributed by atoms with Crippen molar-refractivity contribution in [3.63, 3.8) is 0 Å². The zero-order valence-corrected chi connectivity index (χ0v) is 19.8. The SMILES string of the molecule is CCc1cc([C@@H](C)Oc2ccc(C(=O)NCC3CCC(C(=O)O)CC3)cc2C#N)c(OC)cn1. The Morgan fingerprint density at radius 1 is 1.24 bits per heavy atom. The Morgan fingerprint density at radius 2 is 1.97 bits per heavy atom. The average Bonchev–Trinajstić information content (AvgIpc) is 2.87. The van der Waals surface area contributed by atoms with Gasteiger partial charge in [-0.3, -0.25) is 14.6 Å². The molecule has 0 aliphatic heterocycles. The smallest absolute Gasteiger partial charge is 0.306 e. The molecule has 1 saturated carbocycles. The third-order valence-corrected chi connectivity index (χ3v) is 6.39. The van der Waals surface area contributed by atoms with Crippen LogP contribution in [0.3, 0.4) is 0 Å². The van der Waals surface area contributed by atoms with Gasteiger partial charge in [0.15, 0.2) is 0 Å². The quantitative estimate of drug-likeness (QED) is 0.567. The Balaban J connectivity index is 1.65. The molecule has 0 bridgehead atoms. The number of carboxylic acid groups (broad SMARTS) is 1. The third kappa shape index (κ3) is 6.04. The average molecular weight is 466 g/mol. The van der Waals surface area contributed by atoms with Gasteiger partial charge in [0, 0.05) is 23.4 Å². The van der Waals surface area contributed by atoms with Crippen molar-refractivity contribution in [3.05, 3.63) is 52.8 Å². The number of methoxy groups -OCH3 is 1. The molecule has 1 aliphatic carbocycles. The number of aromatic nitrogens is 1. The highest BCUT2D eigenvalue weighted by molar-refractivity contribution is 5.94. The van der Waals surface area contributed by atoms with Gasteiger partial charge in [0.05, 0.1) is 24.8 Å². The van der Waals surface area contributed by atoms with Gasteiger partial charge in [-0.15, -0.1) is 0 Å². The maximum Gasteiger partial charge on any atom is 0.306 e. The summed E-state index contributed by atoms with van der Waals surface area (Å²) in [6.07, 6.45) is 4.89. The van der Waals surface area contributed by atoms with Gasteiger partial charge in [0.25, 0.3) is 5.91 Å². The number of carbonyl (C=O) groups excluding carboxylic acids is 1. The number of nitrogens with zero attached hydrogens (tertiary/aromatic N) is 2. The Morgan fingerprint density at radius 3 is 2.59 bits per heavy atom. The number of hydrogen-bond donors (Lipinski definition) is 2. The van der Waals surface area contributed by atoms with E-state index in [-0.39, 0.29) is 23.3 Å². The van der Waals surface area contributed by atoms with E-state index in [0.717, 1.165) is 30.5 Å². The van der Waals surface area contributed by atoms with Crippen LogP contribution in [0.5, 0.6) is 11.5 Å². The molecule has 0 saturated heterocycles. The third-order valence-electron chi connectivity index (χ3n) is 6.39. The first-order valence-electron chi connectivity index (χ1n) is 11.6. The molecule has 34 heavy (non-hydrogen) atoms. The van der Waals surface area contributed by atoms with Gasteiger partial charge in [0.1, 0.15) is 23.7 Å². The fraction of sp³-hybridized carbons (Fsp3) is 0.462. The van der Waals surface area contributed by atoms with E-state index in [1.165, 1.54) is 6.07 Å². The topological polar surface area (TPSA) is 122 Å². The number of hydrogen-bond acceptors (Lipinski definition) is 6. The van der Waals surface area contributed by atoms with E-state index in [0.29, 0.717) is 36.4 Å². The van der Waals surface area contributed by atoms with E-state index >= 15 is 0 Å². The molecule has 8 nitrogen and oxygen atoms in total. The zero-order chi connectivity index (χ0) is 24.7. The van der Waals surface area contributed by atoms with E-state index in [1.807, 2.05) is 19.9 Å². The molecule has 2 aromatic rings. The molecule has 1 atom stereocenters. The minimum Gasteiger partial charge on any atom is -0.495 e.